The fraction of sp³-hybridized carbons (Fsp3) is 0.400. The number of ether oxygens (including phenoxy) is 1. The lowest BCUT2D eigenvalue weighted by atomic mass is 10.0. The van der Waals surface area contributed by atoms with E-state index < -0.39 is 0 Å². The third-order valence-corrected chi connectivity index (χ3v) is 3.18. The Balaban J connectivity index is 3.56. The zero-order valence-corrected chi connectivity index (χ0v) is 9.36. The van der Waals surface area contributed by atoms with E-state index in [0.717, 1.165) is 21.9 Å². The van der Waals surface area contributed by atoms with Gasteiger partial charge < -0.3 is 9.84 Å². The molecule has 0 aliphatic rings. The molecule has 1 N–H and O–H groups in total. The Morgan fingerprint density at radius 3 is 2.08 bits per heavy atom. The minimum absolute atomic E-state index is 0.218. The molecule has 0 bridgehead atoms. The molecular formula is C10H13O2Si. The monoisotopic (exact) mass is 193 g/mol. The molecule has 0 aliphatic carbocycles. The van der Waals surface area contributed by atoms with Gasteiger partial charge in [-0.15, -0.1) is 0 Å². The summed E-state index contributed by atoms with van der Waals surface area (Å²) >= 11 is 0. The summed E-state index contributed by atoms with van der Waals surface area (Å²) < 4.78 is 5.12. The van der Waals surface area contributed by atoms with Gasteiger partial charge in [-0.1, -0.05) is 5.19 Å². The second-order valence-corrected chi connectivity index (χ2v) is 3.63. The average Bonchev–Trinajstić information content (AvgIpc) is 2.13. The fourth-order valence-corrected chi connectivity index (χ4v) is 1.66. The molecule has 0 aromatic heterocycles. The predicted octanol–water partition coefficient (Wildman–Crippen LogP) is 1.12. The molecular weight excluding hydrogens is 180 g/mol. The SMILES string of the molecule is COc1c(C)c(C)c([Si])c(C)c1O. The Morgan fingerprint density at radius 1 is 1.08 bits per heavy atom. The lowest BCUT2D eigenvalue weighted by molar-refractivity contribution is 0.369. The number of hydrogen-bond acceptors (Lipinski definition) is 2. The molecule has 0 heterocycles. The first-order valence-electron chi connectivity index (χ1n) is 4.09. The van der Waals surface area contributed by atoms with Crippen LogP contribution in [0.15, 0.2) is 0 Å². The van der Waals surface area contributed by atoms with Crippen molar-refractivity contribution in [3.05, 3.63) is 16.7 Å². The highest BCUT2D eigenvalue weighted by molar-refractivity contribution is 6.34. The van der Waals surface area contributed by atoms with E-state index in [2.05, 4.69) is 10.2 Å². The highest BCUT2D eigenvalue weighted by Crippen LogP contribution is 2.33. The molecule has 3 radical (unpaired) electrons. The summed E-state index contributed by atoms with van der Waals surface area (Å²) in [5.41, 5.74) is 2.89. The zero-order chi connectivity index (χ0) is 10.2. The number of benzene rings is 1. The van der Waals surface area contributed by atoms with Gasteiger partial charge in [-0.25, -0.2) is 0 Å². The molecule has 0 unspecified atom stereocenters. The lowest BCUT2D eigenvalue weighted by Crippen LogP contribution is -2.14. The maximum Gasteiger partial charge on any atom is 0.163 e. The normalized spacial score (nSPS) is 10.2. The van der Waals surface area contributed by atoms with Crippen molar-refractivity contribution in [1.29, 1.82) is 0 Å². The second-order valence-electron chi connectivity index (χ2n) is 3.13. The van der Waals surface area contributed by atoms with Crippen LogP contribution in [0.25, 0.3) is 0 Å². The maximum atomic E-state index is 9.73. The smallest absolute Gasteiger partial charge is 0.163 e. The van der Waals surface area contributed by atoms with Gasteiger partial charge in [0.25, 0.3) is 0 Å². The van der Waals surface area contributed by atoms with Crippen LogP contribution in [0.1, 0.15) is 16.7 Å². The molecule has 1 aromatic carbocycles. The first-order valence-corrected chi connectivity index (χ1v) is 4.59. The van der Waals surface area contributed by atoms with Crippen LogP contribution in [0, 0.1) is 20.8 Å². The van der Waals surface area contributed by atoms with Gasteiger partial charge in [0.05, 0.1) is 17.4 Å². The molecule has 13 heavy (non-hydrogen) atoms. The summed E-state index contributed by atoms with van der Waals surface area (Å²) in [4.78, 5) is 0. The Bertz CT molecular complexity index is 316. The van der Waals surface area contributed by atoms with Crippen molar-refractivity contribution in [2.45, 2.75) is 20.8 Å². The van der Waals surface area contributed by atoms with Crippen LogP contribution in [-0.4, -0.2) is 22.5 Å². The minimum atomic E-state index is 0.218. The Labute approximate surface area is 82.0 Å². The van der Waals surface area contributed by atoms with E-state index in [4.69, 9.17) is 4.74 Å². The molecule has 1 aromatic rings. The predicted molar refractivity (Wildman–Crippen MR) is 54.3 cm³/mol. The van der Waals surface area contributed by atoms with Crippen molar-refractivity contribution < 1.29 is 9.84 Å². The second kappa shape index (κ2) is 3.42. The first kappa shape index (κ1) is 10.1. The molecule has 0 amide bonds. The van der Waals surface area contributed by atoms with Gasteiger partial charge in [0, 0.05) is 0 Å². The quantitative estimate of drug-likeness (QED) is 0.677. The van der Waals surface area contributed by atoms with Gasteiger partial charge in [-0.3, -0.25) is 0 Å². The van der Waals surface area contributed by atoms with Crippen molar-refractivity contribution in [1.82, 2.24) is 0 Å². The van der Waals surface area contributed by atoms with Crippen LogP contribution in [0.5, 0.6) is 11.5 Å². The van der Waals surface area contributed by atoms with Gasteiger partial charge in [0.2, 0.25) is 0 Å². The summed E-state index contributed by atoms with van der Waals surface area (Å²) in [7, 11) is 5.04. The molecule has 69 valence electrons. The fourth-order valence-electron chi connectivity index (χ4n) is 1.36. The molecule has 0 spiro atoms. The van der Waals surface area contributed by atoms with E-state index >= 15 is 0 Å². The summed E-state index contributed by atoms with van der Waals surface area (Å²) in [6, 6.07) is 0. The van der Waals surface area contributed by atoms with Crippen molar-refractivity contribution in [3.63, 3.8) is 0 Å². The van der Waals surface area contributed by atoms with Crippen LogP contribution in [0.3, 0.4) is 0 Å². The molecule has 0 fully saturated rings. The molecule has 0 saturated heterocycles. The average molecular weight is 193 g/mol. The van der Waals surface area contributed by atoms with Crippen LogP contribution in [0.4, 0.5) is 0 Å². The zero-order valence-electron chi connectivity index (χ0n) is 8.36. The van der Waals surface area contributed by atoms with Crippen LogP contribution in [0.2, 0.25) is 0 Å². The molecule has 0 saturated carbocycles. The van der Waals surface area contributed by atoms with Crippen LogP contribution < -0.4 is 9.92 Å². The summed E-state index contributed by atoms with van der Waals surface area (Å²) in [6.07, 6.45) is 0. The number of methoxy groups -OCH3 is 1. The van der Waals surface area contributed by atoms with Gasteiger partial charge >= 0.3 is 0 Å². The topological polar surface area (TPSA) is 29.5 Å². The number of phenols is 1. The minimum Gasteiger partial charge on any atom is -0.504 e. The van der Waals surface area contributed by atoms with Crippen molar-refractivity contribution >= 4 is 15.4 Å². The van der Waals surface area contributed by atoms with E-state index in [0.29, 0.717) is 5.75 Å². The van der Waals surface area contributed by atoms with Gasteiger partial charge in [0.15, 0.2) is 11.5 Å². The van der Waals surface area contributed by atoms with Gasteiger partial charge in [0.1, 0.15) is 0 Å². The highest BCUT2D eigenvalue weighted by atomic mass is 28.1. The summed E-state index contributed by atoms with van der Waals surface area (Å²) in [6.45, 7) is 5.77. The first-order chi connectivity index (χ1) is 6.00. The summed E-state index contributed by atoms with van der Waals surface area (Å²) in [5.74, 6) is 0.785. The number of rotatable bonds is 1. The lowest BCUT2D eigenvalue weighted by Gasteiger charge is -2.15. The van der Waals surface area contributed by atoms with E-state index in [1.54, 1.807) is 7.11 Å². The number of phenolic OH excluding ortho intramolecular Hbond substituents is 1. The Morgan fingerprint density at radius 2 is 1.62 bits per heavy atom. The van der Waals surface area contributed by atoms with Crippen molar-refractivity contribution in [2.75, 3.05) is 7.11 Å². The number of aromatic hydroxyl groups is 1. The maximum absolute atomic E-state index is 9.73. The van der Waals surface area contributed by atoms with Crippen LogP contribution >= 0.6 is 0 Å². The van der Waals surface area contributed by atoms with Gasteiger partial charge in [-0.2, -0.15) is 0 Å². The molecule has 3 heteroatoms. The standard InChI is InChI=1S/C10H13O2Si/c1-5-6(2)10(13)7(3)8(11)9(5)12-4/h11H,1-4H3. The molecule has 1 rings (SSSR count). The third kappa shape index (κ3) is 1.44. The summed E-state index contributed by atoms with van der Waals surface area (Å²) in [5, 5.41) is 10.7. The number of hydrogen-bond donors (Lipinski definition) is 1. The molecule has 0 atom stereocenters. The van der Waals surface area contributed by atoms with Crippen molar-refractivity contribution in [2.24, 2.45) is 0 Å². The Hall–Kier alpha value is -0.963. The molecule has 2 nitrogen and oxygen atoms in total. The van der Waals surface area contributed by atoms with Gasteiger partial charge in [-0.05, 0) is 37.5 Å². The van der Waals surface area contributed by atoms with E-state index in [-0.39, 0.29) is 5.75 Å². The van der Waals surface area contributed by atoms with Crippen molar-refractivity contribution in [3.8, 4) is 11.5 Å². The van der Waals surface area contributed by atoms with E-state index in [1.165, 1.54) is 0 Å². The largest absolute Gasteiger partial charge is 0.504 e. The van der Waals surface area contributed by atoms with E-state index in [9.17, 15) is 5.11 Å². The van der Waals surface area contributed by atoms with E-state index in [1.807, 2.05) is 20.8 Å². The molecule has 0 aliphatic heterocycles. The Kier molecular flexibility index (Phi) is 2.66. The highest BCUT2D eigenvalue weighted by Gasteiger charge is 2.14. The van der Waals surface area contributed by atoms with Crippen LogP contribution in [-0.2, 0) is 0 Å². The third-order valence-electron chi connectivity index (χ3n) is 2.43.